The lowest BCUT2D eigenvalue weighted by Crippen LogP contribution is -2.50. The number of rotatable bonds is 8. The molecule has 1 fully saturated rings. The molecule has 0 aliphatic carbocycles. The van der Waals surface area contributed by atoms with Gasteiger partial charge in [-0.25, -0.2) is 0 Å². The van der Waals surface area contributed by atoms with Crippen LogP contribution in [-0.2, 0) is 0 Å². The van der Waals surface area contributed by atoms with Crippen LogP contribution in [0.1, 0.15) is 45.2 Å². The molecule has 28 heavy (non-hydrogen) atoms. The summed E-state index contributed by atoms with van der Waals surface area (Å²) in [5, 5.41) is 7.07. The van der Waals surface area contributed by atoms with E-state index in [0.29, 0.717) is 18.6 Å². The molecule has 6 nitrogen and oxygen atoms in total. The third kappa shape index (κ3) is 6.67. The Bertz CT molecular complexity index is 591. The van der Waals surface area contributed by atoms with Crippen LogP contribution in [0.2, 0.25) is 0 Å². The van der Waals surface area contributed by atoms with Gasteiger partial charge in [-0.05, 0) is 65.4 Å². The standard InChI is InChI=1S/C22H39N5O/c1-7-23-22(25-19-12-14-27(15-13-19)17(2)3)24-16-21(26(4)5)18-8-10-20(28-6)11-9-18/h8-11,17,19,21H,7,12-16H2,1-6H3,(H2,23,24,25). The monoisotopic (exact) mass is 389 g/mol. The van der Waals surface area contributed by atoms with Crippen LogP contribution in [0.5, 0.6) is 5.75 Å². The van der Waals surface area contributed by atoms with Crippen LogP contribution in [0, 0.1) is 0 Å². The predicted molar refractivity (Wildman–Crippen MR) is 118 cm³/mol. The number of nitrogens with zero attached hydrogens (tertiary/aromatic N) is 3. The molecular weight excluding hydrogens is 350 g/mol. The van der Waals surface area contributed by atoms with Gasteiger partial charge < -0.3 is 25.2 Å². The van der Waals surface area contributed by atoms with Gasteiger partial charge in [-0.3, -0.25) is 4.99 Å². The van der Waals surface area contributed by atoms with E-state index in [2.05, 4.69) is 67.4 Å². The van der Waals surface area contributed by atoms with Gasteiger partial charge in [0.25, 0.3) is 0 Å². The van der Waals surface area contributed by atoms with Crippen molar-refractivity contribution < 1.29 is 4.74 Å². The Balaban J connectivity index is 2.00. The Hall–Kier alpha value is -1.79. The molecule has 2 rings (SSSR count). The highest BCUT2D eigenvalue weighted by atomic mass is 16.5. The second-order valence-electron chi connectivity index (χ2n) is 8.02. The van der Waals surface area contributed by atoms with Crippen molar-refractivity contribution in [2.24, 2.45) is 4.99 Å². The molecule has 158 valence electrons. The molecule has 1 heterocycles. The molecule has 0 bridgehead atoms. The quantitative estimate of drug-likeness (QED) is 0.529. The third-order valence-electron chi connectivity index (χ3n) is 5.49. The first-order valence-electron chi connectivity index (χ1n) is 10.5. The molecule has 0 saturated carbocycles. The Morgan fingerprint density at radius 1 is 1.21 bits per heavy atom. The van der Waals surface area contributed by atoms with Gasteiger partial charge >= 0.3 is 0 Å². The van der Waals surface area contributed by atoms with Crippen molar-refractivity contribution in [1.29, 1.82) is 0 Å². The van der Waals surface area contributed by atoms with Crippen molar-refractivity contribution in [1.82, 2.24) is 20.4 Å². The third-order valence-corrected chi connectivity index (χ3v) is 5.49. The minimum atomic E-state index is 0.226. The average molecular weight is 390 g/mol. The van der Waals surface area contributed by atoms with Crippen molar-refractivity contribution in [3.8, 4) is 5.75 Å². The van der Waals surface area contributed by atoms with Gasteiger partial charge in [0.2, 0.25) is 0 Å². The number of likely N-dealkylation sites (N-methyl/N-ethyl adjacent to an activating group) is 1. The molecular formula is C22H39N5O. The molecule has 2 N–H and O–H groups in total. The van der Waals surface area contributed by atoms with Crippen LogP contribution in [0.3, 0.4) is 0 Å². The molecule has 1 aliphatic rings. The van der Waals surface area contributed by atoms with E-state index in [4.69, 9.17) is 9.73 Å². The predicted octanol–water partition coefficient (Wildman–Crippen LogP) is 2.73. The minimum Gasteiger partial charge on any atom is -0.497 e. The largest absolute Gasteiger partial charge is 0.497 e. The summed E-state index contributed by atoms with van der Waals surface area (Å²) in [6.07, 6.45) is 2.33. The first-order valence-corrected chi connectivity index (χ1v) is 10.5. The topological polar surface area (TPSA) is 52.1 Å². The van der Waals surface area contributed by atoms with Crippen LogP contribution in [0.25, 0.3) is 0 Å². The molecule has 6 heteroatoms. The van der Waals surface area contributed by atoms with Gasteiger partial charge in [0.15, 0.2) is 5.96 Å². The number of likely N-dealkylation sites (tertiary alicyclic amines) is 1. The summed E-state index contributed by atoms with van der Waals surface area (Å²) in [6.45, 7) is 10.6. The SMILES string of the molecule is CCNC(=NCC(c1ccc(OC)cc1)N(C)C)NC1CCN(C(C)C)CC1. The van der Waals surface area contributed by atoms with Crippen molar-refractivity contribution in [2.75, 3.05) is 47.4 Å². The molecule has 1 unspecified atom stereocenters. The van der Waals surface area contributed by atoms with E-state index < -0.39 is 0 Å². The minimum absolute atomic E-state index is 0.226. The molecule has 1 aromatic rings. The number of hydrogen-bond donors (Lipinski definition) is 2. The number of guanidine groups is 1. The molecule has 1 saturated heterocycles. The normalized spacial score (nSPS) is 17.8. The first kappa shape index (κ1) is 22.5. The fourth-order valence-corrected chi connectivity index (χ4v) is 3.64. The van der Waals surface area contributed by atoms with Gasteiger partial charge in [0.1, 0.15) is 5.75 Å². The maximum atomic E-state index is 5.28. The maximum Gasteiger partial charge on any atom is 0.191 e. The molecule has 0 amide bonds. The summed E-state index contributed by atoms with van der Waals surface area (Å²) in [7, 11) is 5.90. The Morgan fingerprint density at radius 2 is 1.86 bits per heavy atom. The average Bonchev–Trinajstić information content (AvgIpc) is 2.69. The summed E-state index contributed by atoms with van der Waals surface area (Å²) in [4.78, 5) is 9.68. The van der Waals surface area contributed by atoms with E-state index in [1.807, 2.05) is 12.1 Å². The van der Waals surface area contributed by atoms with Crippen molar-refractivity contribution in [2.45, 2.75) is 51.7 Å². The molecule has 1 atom stereocenters. The molecule has 0 radical (unpaired) electrons. The van der Waals surface area contributed by atoms with Crippen LogP contribution in [-0.4, -0.2) is 75.2 Å². The van der Waals surface area contributed by atoms with E-state index in [9.17, 15) is 0 Å². The number of benzene rings is 1. The zero-order valence-electron chi connectivity index (χ0n) is 18.5. The summed E-state index contributed by atoms with van der Waals surface area (Å²) >= 11 is 0. The van der Waals surface area contributed by atoms with E-state index in [1.54, 1.807) is 7.11 Å². The number of nitrogens with one attached hydrogen (secondary N) is 2. The van der Waals surface area contributed by atoms with E-state index in [0.717, 1.165) is 44.2 Å². The summed E-state index contributed by atoms with van der Waals surface area (Å²) in [6, 6.07) is 9.63. The second-order valence-corrected chi connectivity index (χ2v) is 8.02. The van der Waals surface area contributed by atoms with Gasteiger partial charge in [0, 0.05) is 31.7 Å². The molecule has 1 aromatic carbocycles. The van der Waals surface area contributed by atoms with Crippen LogP contribution >= 0.6 is 0 Å². The van der Waals surface area contributed by atoms with Crippen molar-refractivity contribution in [3.05, 3.63) is 29.8 Å². The van der Waals surface area contributed by atoms with Gasteiger partial charge in [-0.15, -0.1) is 0 Å². The number of piperidine rings is 1. The smallest absolute Gasteiger partial charge is 0.191 e. The lowest BCUT2D eigenvalue weighted by atomic mass is 10.0. The highest BCUT2D eigenvalue weighted by Crippen LogP contribution is 2.21. The second kappa shape index (κ2) is 11.3. The van der Waals surface area contributed by atoms with Gasteiger partial charge in [0.05, 0.1) is 19.7 Å². The lowest BCUT2D eigenvalue weighted by molar-refractivity contribution is 0.167. The van der Waals surface area contributed by atoms with E-state index >= 15 is 0 Å². The number of hydrogen-bond acceptors (Lipinski definition) is 4. The van der Waals surface area contributed by atoms with E-state index in [-0.39, 0.29) is 6.04 Å². The molecule has 1 aliphatic heterocycles. The first-order chi connectivity index (χ1) is 13.4. The molecule has 0 spiro atoms. The highest BCUT2D eigenvalue weighted by Gasteiger charge is 2.21. The number of ether oxygens (including phenoxy) is 1. The van der Waals surface area contributed by atoms with Crippen LogP contribution < -0.4 is 15.4 Å². The summed E-state index contributed by atoms with van der Waals surface area (Å²) < 4.78 is 5.28. The number of aliphatic imine (C=N–C) groups is 1. The Labute approximate surface area is 171 Å². The fourth-order valence-electron chi connectivity index (χ4n) is 3.64. The molecule has 0 aromatic heterocycles. The van der Waals surface area contributed by atoms with Gasteiger partial charge in [-0.1, -0.05) is 12.1 Å². The Kier molecular flexibility index (Phi) is 9.06. The summed E-state index contributed by atoms with van der Waals surface area (Å²) in [5.41, 5.74) is 1.25. The zero-order chi connectivity index (χ0) is 20.5. The van der Waals surface area contributed by atoms with Crippen molar-refractivity contribution >= 4 is 5.96 Å². The number of methoxy groups -OCH3 is 1. The maximum absolute atomic E-state index is 5.28. The summed E-state index contributed by atoms with van der Waals surface area (Å²) in [5.74, 6) is 1.80. The highest BCUT2D eigenvalue weighted by molar-refractivity contribution is 5.80. The van der Waals surface area contributed by atoms with E-state index in [1.165, 1.54) is 5.56 Å². The van der Waals surface area contributed by atoms with Crippen LogP contribution in [0.4, 0.5) is 0 Å². The lowest BCUT2D eigenvalue weighted by Gasteiger charge is -2.35. The zero-order valence-corrected chi connectivity index (χ0v) is 18.5. The fraction of sp³-hybridized carbons (Fsp3) is 0.682. The van der Waals surface area contributed by atoms with Gasteiger partial charge in [-0.2, -0.15) is 0 Å². The Morgan fingerprint density at radius 3 is 2.36 bits per heavy atom. The van der Waals surface area contributed by atoms with Crippen LogP contribution in [0.15, 0.2) is 29.3 Å². The van der Waals surface area contributed by atoms with Crippen molar-refractivity contribution in [3.63, 3.8) is 0 Å².